The molecule has 66 valence electrons. The molecule has 1 unspecified atom stereocenters. The molecule has 0 saturated carbocycles. The minimum atomic E-state index is -0.648. The number of aromatic nitrogens is 1. The second-order valence-corrected chi connectivity index (χ2v) is 3.49. The van der Waals surface area contributed by atoms with Gasteiger partial charge in [-0.05, 0) is 6.92 Å². The Morgan fingerprint density at radius 2 is 2.67 bits per heavy atom. The summed E-state index contributed by atoms with van der Waals surface area (Å²) in [4.78, 5) is 15.1. The molecule has 1 aromatic rings. The standard InChI is InChI=1S/C7H9ClN2OS/c1-2-9-6(11)5(8)7-10-3-4-12-7/h3-5H,2H2,1H3,(H,9,11). The van der Waals surface area contributed by atoms with E-state index in [4.69, 9.17) is 11.6 Å². The van der Waals surface area contributed by atoms with E-state index in [9.17, 15) is 4.79 Å². The van der Waals surface area contributed by atoms with Gasteiger partial charge in [0, 0.05) is 18.1 Å². The van der Waals surface area contributed by atoms with Gasteiger partial charge >= 0.3 is 0 Å². The van der Waals surface area contributed by atoms with Crippen LogP contribution >= 0.6 is 22.9 Å². The molecular weight excluding hydrogens is 196 g/mol. The van der Waals surface area contributed by atoms with Crippen molar-refractivity contribution in [1.29, 1.82) is 0 Å². The first-order valence-corrected chi connectivity index (χ1v) is 4.88. The van der Waals surface area contributed by atoms with E-state index in [1.807, 2.05) is 6.92 Å². The van der Waals surface area contributed by atoms with Crippen LogP contribution in [-0.2, 0) is 4.79 Å². The smallest absolute Gasteiger partial charge is 0.245 e. The third-order valence-electron chi connectivity index (χ3n) is 1.25. The fourth-order valence-corrected chi connectivity index (χ4v) is 1.63. The van der Waals surface area contributed by atoms with Gasteiger partial charge in [0.1, 0.15) is 5.01 Å². The second-order valence-electron chi connectivity index (χ2n) is 2.13. The quantitative estimate of drug-likeness (QED) is 0.760. The third-order valence-corrected chi connectivity index (χ3v) is 2.62. The summed E-state index contributed by atoms with van der Waals surface area (Å²) < 4.78 is 0. The number of thiazole rings is 1. The van der Waals surface area contributed by atoms with Crippen LogP contribution in [0.3, 0.4) is 0 Å². The number of hydrogen-bond acceptors (Lipinski definition) is 3. The Morgan fingerprint density at radius 1 is 1.92 bits per heavy atom. The average molecular weight is 205 g/mol. The van der Waals surface area contributed by atoms with E-state index in [0.717, 1.165) is 0 Å². The van der Waals surface area contributed by atoms with Gasteiger partial charge in [-0.3, -0.25) is 4.79 Å². The minimum Gasteiger partial charge on any atom is -0.355 e. The van der Waals surface area contributed by atoms with Crippen LogP contribution in [0.15, 0.2) is 11.6 Å². The molecular formula is C7H9ClN2OS. The molecule has 3 nitrogen and oxygen atoms in total. The average Bonchev–Trinajstić information content (AvgIpc) is 2.55. The molecule has 0 bridgehead atoms. The van der Waals surface area contributed by atoms with Gasteiger partial charge in [0.05, 0.1) is 0 Å². The molecule has 0 fully saturated rings. The Labute approximate surface area is 79.8 Å². The number of nitrogens with zero attached hydrogens (tertiary/aromatic N) is 1. The van der Waals surface area contributed by atoms with Crippen molar-refractivity contribution < 1.29 is 4.79 Å². The molecule has 0 aliphatic carbocycles. The summed E-state index contributed by atoms with van der Waals surface area (Å²) in [5.41, 5.74) is 0. The molecule has 1 rings (SSSR count). The van der Waals surface area contributed by atoms with E-state index in [1.165, 1.54) is 11.3 Å². The van der Waals surface area contributed by atoms with Crippen LogP contribution in [0.25, 0.3) is 0 Å². The molecule has 0 aromatic carbocycles. The predicted molar refractivity (Wildman–Crippen MR) is 49.4 cm³/mol. The van der Waals surface area contributed by atoms with E-state index >= 15 is 0 Å². The van der Waals surface area contributed by atoms with Crippen LogP contribution in [0.5, 0.6) is 0 Å². The normalized spacial score (nSPS) is 12.5. The van der Waals surface area contributed by atoms with Crippen molar-refractivity contribution in [3.05, 3.63) is 16.6 Å². The van der Waals surface area contributed by atoms with Gasteiger partial charge in [-0.1, -0.05) is 0 Å². The Hall–Kier alpha value is -0.610. The van der Waals surface area contributed by atoms with Gasteiger partial charge < -0.3 is 5.32 Å². The van der Waals surface area contributed by atoms with E-state index in [1.54, 1.807) is 11.6 Å². The highest BCUT2D eigenvalue weighted by Gasteiger charge is 2.18. The minimum absolute atomic E-state index is 0.186. The monoisotopic (exact) mass is 204 g/mol. The number of carbonyl (C=O) groups is 1. The molecule has 0 aliphatic rings. The molecule has 1 aromatic heterocycles. The number of rotatable bonds is 3. The zero-order valence-corrected chi connectivity index (χ0v) is 8.15. The van der Waals surface area contributed by atoms with Gasteiger partial charge in [0.15, 0.2) is 5.38 Å². The summed E-state index contributed by atoms with van der Waals surface area (Å²) in [6.07, 6.45) is 1.63. The Morgan fingerprint density at radius 3 is 3.17 bits per heavy atom. The highest BCUT2D eigenvalue weighted by atomic mass is 35.5. The van der Waals surface area contributed by atoms with Crippen molar-refractivity contribution in [1.82, 2.24) is 10.3 Å². The SMILES string of the molecule is CCNC(=O)C(Cl)c1nccs1. The van der Waals surface area contributed by atoms with Gasteiger partial charge in [0.2, 0.25) is 5.91 Å². The lowest BCUT2D eigenvalue weighted by molar-refractivity contribution is -0.120. The summed E-state index contributed by atoms with van der Waals surface area (Å²) in [5.74, 6) is -0.186. The number of hydrogen-bond donors (Lipinski definition) is 1. The molecule has 0 saturated heterocycles. The van der Waals surface area contributed by atoms with Gasteiger partial charge in [0.25, 0.3) is 0 Å². The van der Waals surface area contributed by atoms with E-state index < -0.39 is 5.38 Å². The lowest BCUT2D eigenvalue weighted by Gasteiger charge is -2.04. The molecule has 1 heterocycles. The van der Waals surface area contributed by atoms with Gasteiger partial charge in [-0.2, -0.15) is 0 Å². The first-order chi connectivity index (χ1) is 5.75. The Bertz CT molecular complexity index is 250. The van der Waals surface area contributed by atoms with Crippen molar-refractivity contribution in [3.63, 3.8) is 0 Å². The van der Waals surface area contributed by atoms with Crippen LogP contribution in [-0.4, -0.2) is 17.4 Å². The first kappa shape index (κ1) is 9.48. The second kappa shape index (κ2) is 4.42. The number of carbonyl (C=O) groups excluding carboxylic acids is 1. The van der Waals surface area contributed by atoms with Crippen molar-refractivity contribution >= 4 is 28.8 Å². The third kappa shape index (κ3) is 2.19. The number of nitrogens with one attached hydrogen (secondary N) is 1. The van der Waals surface area contributed by atoms with Crippen LogP contribution in [0.2, 0.25) is 0 Å². The van der Waals surface area contributed by atoms with Crippen molar-refractivity contribution in [2.24, 2.45) is 0 Å². The summed E-state index contributed by atoms with van der Waals surface area (Å²) in [5, 5.41) is 4.42. The zero-order valence-electron chi connectivity index (χ0n) is 6.58. The van der Waals surface area contributed by atoms with Crippen LogP contribution in [0, 0.1) is 0 Å². The van der Waals surface area contributed by atoms with Crippen LogP contribution in [0.4, 0.5) is 0 Å². The number of amides is 1. The largest absolute Gasteiger partial charge is 0.355 e. The van der Waals surface area contributed by atoms with Crippen molar-refractivity contribution in [2.45, 2.75) is 12.3 Å². The van der Waals surface area contributed by atoms with E-state index in [0.29, 0.717) is 11.6 Å². The maximum Gasteiger partial charge on any atom is 0.245 e. The van der Waals surface area contributed by atoms with Crippen molar-refractivity contribution in [2.75, 3.05) is 6.54 Å². The topological polar surface area (TPSA) is 42.0 Å². The first-order valence-electron chi connectivity index (χ1n) is 3.57. The highest BCUT2D eigenvalue weighted by Crippen LogP contribution is 2.21. The van der Waals surface area contributed by atoms with Crippen molar-refractivity contribution in [3.8, 4) is 0 Å². The lowest BCUT2D eigenvalue weighted by Crippen LogP contribution is -2.26. The van der Waals surface area contributed by atoms with Crippen LogP contribution < -0.4 is 5.32 Å². The molecule has 0 spiro atoms. The predicted octanol–water partition coefficient (Wildman–Crippen LogP) is 1.56. The number of halogens is 1. The van der Waals surface area contributed by atoms with E-state index in [-0.39, 0.29) is 5.91 Å². The maximum absolute atomic E-state index is 11.2. The molecule has 0 aliphatic heterocycles. The molecule has 1 amide bonds. The summed E-state index contributed by atoms with van der Waals surface area (Å²) in [6.45, 7) is 2.44. The highest BCUT2D eigenvalue weighted by molar-refractivity contribution is 7.10. The zero-order chi connectivity index (χ0) is 8.97. The molecule has 5 heteroatoms. The Kier molecular flexibility index (Phi) is 3.49. The van der Waals surface area contributed by atoms with Gasteiger partial charge in [-0.15, -0.1) is 22.9 Å². The Balaban J connectivity index is 2.59. The fourth-order valence-electron chi connectivity index (χ4n) is 0.736. The number of alkyl halides is 1. The van der Waals surface area contributed by atoms with E-state index in [2.05, 4.69) is 10.3 Å². The maximum atomic E-state index is 11.2. The molecule has 1 atom stereocenters. The fraction of sp³-hybridized carbons (Fsp3) is 0.429. The molecule has 12 heavy (non-hydrogen) atoms. The van der Waals surface area contributed by atoms with Gasteiger partial charge in [-0.25, -0.2) is 4.98 Å². The summed E-state index contributed by atoms with van der Waals surface area (Å²) in [7, 11) is 0. The summed E-state index contributed by atoms with van der Waals surface area (Å²) >= 11 is 7.19. The lowest BCUT2D eigenvalue weighted by atomic mass is 10.4. The molecule has 0 radical (unpaired) electrons. The molecule has 1 N–H and O–H groups in total. The summed E-state index contributed by atoms with van der Waals surface area (Å²) in [6, 6.07) is 0. The number of likely N-dealkylation sites (N-methyl/N-ethyl adjacent to an activating group) is 1. The van der Waals surface area contributed by atoms with Crippen LogP contribution in [0.1, 0.15) is 17.3 Å².